The van der Waals surface area contributed by atoms with E-state index in [0.717, 1.165) is 0 Å². The number of nitrogens with zero attached hydrogens (tertiary/aromatic N) is 5. The van der Waals surface area contributed by atoms with Crippen molar-refractivity contribution in [1.82, 2.24) is 25.1 Å². The summed E-state index contributed by atoms with van der Waals surface area (Å²) in [6, 6.07) is 4.25. The predicted octanol–water partition coefficient (Wildman–Crippen LogP) is 2.70. The maximum atomic E-state index is 14.2. The fourth-order valence-corrected chi connectivity index (χ4v) is 3.10. The van der Waals surface area contributed by atoms with Crippen molar-refractivity contribution in [2.24, 2.45) is 5.92 Å². The number of hydrogen-bond acceptors (Lipinski definition) is 6. The molecule has 9 nitrogen and oxygen atoms in total. The Bertz CT molecular complexity index is 900. The highest BCUT2D eigenvalue weighted by Gasteiger charge is 2.30. The molecule has 0 atom stereocenters. The third kappa shape index (κ3) is 5.07. The van der Waals surface area contributed by atoms with Crippen LogP contribution in [-0.2, 0) is 9.53 Å². The molecule has 1 N–H and O–H groups in total. The van der Waals surface area contributed by atoms with Gasteiger partial charge in [0.1, 0.15) is 17.1 Å². The zero-order valence-electron chi connectivity index (χ0n) is 17.0. The third-order valence-corrected chi connectivity index (χ3v) is 4.58. The Labute approximate surface area is 168 Å². The lowest BCUT2D eigenvalue weighted by Gasteiger charge is -2.32. The first kappa shape index (κ1) is 20.7. The predicted molar refractivity (Wildman–Crippen MR) is 103 cm³/mol. The molecule has 3 rings (SSSR count). The Morgan fingerprint density at radius 1 is 1.24 bits per heavy atom. The summed E-state index contributed by atoms with van der Waals surface area (Å²) in [5.74, 6) is -0.470. The summed E-state index contributed by atoms with van der Waals surface area (Å²) < 4.78 is 20.8. The smallest absolute Gasteiger partial charge is 0.410 e. The van der Waals surface area contributed by atoms with Crippen LogP contribution in [0.3, 0.4) is 0 Å². The van der Waals surface area contributed by atoms with Gasteiger partial charge in [-0.25, -0.2) is 9.18 Å². The van der Waals surface area contributed by atoms with E-state index in [4.69, 9.17) is 4.74 Å². The number of halogens is 1. The van der Waals surface area contributed by atoms with E-state index < -0.39 is 11.4 Å². The highest BCUT2D eigenvalue weighted by atomic mass is 19.1. The number of benzene rings is 1. The lowest BCUT2D eigenvalue weighted by molar-refractivity contribution is -0.121. The molecule has 10 heteroatoms. The van der Waals surface area contributed by atoms with Crippen LogP contribution in [0.1, 0.15) is 39.4 Å². The van der Waals surface area contributed by atoms with Gasteiger partial charge in [0, 0.05) is 24.7 Å². The molecule has 0 saturated carbocycles. The normalized spacial score (nSPS) is 15.3. The highest BCUT2D eigenvalue weighted by Crippen LogP contribution is 2.23. The molecule has 1 fully saturated rings. The zero-order valence-corrected chi connectivity index (χ0v) is 17.0. The maximum absolute atomic E-state index is 14.2. The fourth-order valence-electron chi connectivity index (χ4n) is 3.10. The quantitative estimate of drug-likeness (QED) is 0.844. The number of piperidine rings is 1. The summed E-state index contributed by atoms with van der Waals surface area (Å²) in [6.45, 7) is 8.01. The van der Waals surface area contributed by atoms with Gasteiger partial charge in [-0.2, -0.15) is 4.68 Å². The van der Waals surface area contributed by atoms with Crippen LogP contribution in [-0.4, -0.2) is 55.8 Å². The number of ether oxygens (including phenoxy) is 1. The molecule has 0 unspecified atom stereocenters. The van der Waals surface area contributed by atoms with E-state index in [-0.39, 0.29) is 23.6 Å². The average Bonchev–Trinajstić information content (AvgIpc) is 3.07. The fraction of sp³-hybridized carbons (Fsp3) is 0.526. The number of rotatable bonds is 3. The summed E-state index contributed by atoms with van der Waals surface area (Å²) in [7, 11) is 0. The largest absolute Gasteiger partial charge is 0.444 e. The van der Waals surface area contributed by atoms with Gasteiger partial charge >= 0.3 is 6.09 Å². The monoisotopic (exact) mass is 404 g/mol. The Morgan fingerprint density at radius 3 is 2.52 bits per heavy atom. The topological polar surface area (TPSA) is 102 Å². The Balaban J connectivity index is 1.61. The maximum Gasteiger partial charge on any atom is 0.410 e. The molecule has 1 aliphatic heterocycles. The number of tetrazole rings is 1. The van der Waals surface area contributed by atoms with Gasteiger partial charge in [0.2, 0.25) is 5.91 Å². The number of nitrogens with one attached hydrogen (secondary N) is 1. The van der Waals surface area contributed by atoms with Crippen molar-refractivity contribution < 1.29 is 18.7 Å². The van der Waals surface area contributed by atoms with Crippen LogP contribution in [0.15, 0.2) is 18.2 Å². The molecule has 0 radical (unpaired) electrons. The average molecular weight is 404 g/mol. The number of hydrogen-bond donors (Lipinski definition) is 1. The number of anilines is 1. The second-order valence-corrected chi connectivity index (χ2v) is 8.04. The SMILES string of the molecule is Cc1nnnn1-c1cc(NC(=O)C2CCN(C(=O)OC(C)(C)C)CC2)ccc1F. The number of likely N-dealkylation sites (tertiary alicyclic amines) is 1. The van der Waals surface area contributed by atoms with Gasteiger partial charge in [0.15, 0.2) is 5.82 Å². The minimum atomic E-state index is -0.552. The molecule has 2 amide bonds. The summed E-state index contributed by atoms with van der Waals surface area (Å²) >= 11 is 0. The lowest BCUT2D eigenvalue weighted by Crippen LogP contribution is -2.43. The summed E-state index contributed by atoms with van der Waals surface area (Å²) in [4.78, 5) is 26.4. The first-order valence-electron chi connectivity index (χ1n) is 9.48. The molecule has 2 heterocycles. The van der Waals surface area contributed by atoms with E-state index in [1.54, 1.807) is 11.8 Å². The Hall–Kier alpha value is -3.04. The van der Waals surface area contributed by atoms with Crippen LogP contribution in [0, 0.1) is 18.7 Å². The van der Waals surface area contributed by atoms with Gasteiger partial charge in [-0.15, -0.1) is 5.10 Å². The van der Waals surface area contributed by atoms with Crippen molar-refractivity contribution in [1.29, 1.82) is 0 Å². The molecule has 29 heavy (non-hydrogen) atoms. The van der Waals surface area contributed by atoms with Gasteiger partial charge in [0.25, 0.3) is 0 Å². The van der Waals surface area contributed by atoms with E-state index in [1.807, 2.05) is 20.8 Å². The third-order valence-electron chi connectivity index (χ3n) is 4.58. The van der Waals surface area contributed by atoms with Gasteiger partial charge in [0.05, 0.1) is 0 Å². The van der Waals surface area contributed by atoms with E-state index in [9.17, 15) is 14.0 Å². The molecule has 2 aromatic rings. The van der Waals surface area contributed by atoms with Gasteiger partial charge in [-0.1, -0.05) is 0 Å². The molecule has 1 saturated heterocycles. The van der Waals surface area contributed by atoms with Crippen LogP contribution in [0.5, 0.6) is 0 Å². The molecule has 1 aromatic heterocycles. The lowest BCUT2D eigenvalue weighted by atomic mass is 9.96. The molecule has 0 aliphatic carbocycles. The summed E-state index contributed by atoms with van der Waals surface area (Å²) in [5, 5.41) is 13.8. The van der Waals surface area contributed by atoms with Crippen LogP contribution in [0.25, 0.3) is 5.69 Å². The second kappa shape index (κ2) is 8.14. The van der Waals surface area contributed by atoms with Crippen molar-refractivity contribution >= 4 is 17.7 Å². The molecule has 1 aromatic carbocycles. The number of aryl methyl sites for hydroxylation is 1. The molecule has 156 valence electrons. The first-order valence-corrected chi connectivity index (χ1v) is 9.48. The molecular weight excluding hydrogens is 379 g/mol. The van der Waals surface area contributed by atoms with Crippen molar-refractivity contribution in [3.8, 4) is 5.69 Å². The van der Waals surface area contributed by atoms with Gasteiger partial charge in [-0.3, -0.25) is 4.79 Å². The molecule has 1 aliphatic rings. The van der Waals surface area contributed by atoms with E-state index in [2.05, 4.69) is 20.8 Å². The number of aromatic nitrogens is 4. The summed E-state index contributed by atoms with van der Waals surface area (Å²) in [5.41, 5.74) is 0.0599. The Morgan fingerprint density at radius 2 is 1.93 bits per heavy atom. The molecular formula is C19H25FN6O3. The summed E-state index contributed by atoms with van der Waals surface area (Å²) in [6.07, 6.45) is 0.701. The van der Waals surface area contributed by atoms with Crippen molar-refractivity contribution in [3.63, 3.8) is 0 Å². The van der Waals surface area contributed by atoms with E-state index >= 15 is 0 Å². The van der Waals surface area contributed by atoms with E-state index in [0.29, 0.717) is 37.4 Å². The van der Waals surface area contributed by atoms with Crippen molar-refractivity contribution in [3.05, 3.63) is 29.8 Å². The number of carbonyl (C=O) groups is 2. The van der Waals surface area contributed by atoms with Gasteiger partial charge in [-0.05, 0) is 69.2 Å². The highest BCUT2D eigenvalue weighted by molar-refractivity contribution is 5.93. The first-order chi connectivity index (χ1) is 13.6. The van der Waals surface area contributed by atoms with Crippen LogP contribution in [0.4, 0.5) is 14.9 Å². The minimum absolute atomic E-state index is 0.157. The van der Waals surface area contributed by atoms with Crippen LogP contribution >= 0.6 is 0 Å². The number of carbonyl (C=O) groups excluding carboxylic acids is 2. The van der Waals surface area contributed by atoms with Crippen LogP contribution in [0.2, 0.25) is 0 Å². The molecule has 0 bridgehead atoms. The van der Waals surface area contributed by atoms with Crippen LogP contribution < -0.4 is 5.32 Å². The van der Waals surface area contributed by atoms with E-state index in [1.165, 1.54) is 22.9 Å². The van der Waals surface area contributed by atoms with Crippen molar-refractivity contribution in [2.75, 3.05) is 18.4 Å². The Kier molecular flexibility index (Phi) is 5.81. The van der Waals surface area contributed by atoms with Gasteiger partial charge < -0.3 is 15.0 Å². The molecule has 0 spiro atoms. The number of amides is 2. The minimum Gasteiger partial charge on any atom is -0.444 e. The van der Waals surface area contributed by atoms with Crippen molar-refractivity contribution in [2.45, 2.75) is 46.1 Å². The zero-order chi connectivity index (χ0) is 21.2. The standard InChI is InChI=1S/C19H25FN6O3/c1-12-22-23-24-26(12)16-11-14(5-6-15(16)20)21-17(27)13-7-9-25(10-8-13)18(28)29-19(2,3)4/h5-6,11,13H,7-10H2,1-4H3,(H,21,27). The second-order valence-electron chi connectivity index (χ2n) is 8.04.